The third-order valence-electron chi connectivity index (χ3n) is 4.84. The van der Waals surface area contributed by atoms with Crippen LogP contribution in [0.25, 0.3) is 16.9 Å². The molecule has 1 heterocycles. The molecule has 0 aliphatic carbocycles. The summed E-state index contributed by atoms with van der Waals surface area (Å²) in [6, 6.07) is 26.4. The number of benzene rings is 3. The van der Waals surface area contributed by atoms with E-state index >= 15 is 0 Å². The van der Waals surface area contributed by atoms with Crippen molar-refractivity contribution in [3.8, 4) is 28.8 Å². The molecule has 0 unspecified atom stereocenters. The normalized spacial score (nSPS) is 10.3. The number of nitriles is 1. The minimum absolute atomic E-state index is 0.281. The first-order valence-electron chi connectivity index (χ1n) is 9.75. The Morgan fingerprint density at radius 3 is 2.45 bits per heavy atom. The second-order valence-electron chi connectivity index (χ2n) is 6.86. The number of para-hydroxylation sites is 2. The van der Waals surface area contributed by atoms with E-state index in [1.807, 2.05) is 66.7 Å². The zero-order valence-corrected chi connectivity index (χ0v) is 16.9. The summed E-state index contributed by atoms with van der Waals surface area (Å²) < 4.78 is 7.18. The maximum Gasteiger partial charge on any atom is 0.259 e. The van der Waals surface area contributed by atoms with Crippen molar-refractivity contribution in [3.63, 3.8) is 0 Å². The van der Waals surface area contributed by atoms with Crippen molar-refractivity contribution in [2.45, 2.75) is 6.42 Å². The summed E-state index contributed by atoms with van der Waals surface area (Å²) in [4.78, 5) is 13.2. The van der Waals surface area contributed by atoms with Crippen LogP contribution in [0.4, 0.5) is 5.69 Å². The van der Waals surface area contributed by atoms with Crippen LogP contribution in [0.15, 0.2) is 85.1 Å². The van der Waals surface area contributed by atoms with Gasteiger partial charge in [-0.2, -0.15) is 10.4 Å². The number of methoxy groups -OCH3 is 1. The van der Waals surface area contributed by atoms with E-state index in [1.165, 1.54) is 0 Å². The Balaban J connectivity index is 1.73. The van der Waals surface area contributed by atoms with Crippen LogP contribution >= 0.6 is 0 Å². The molecule has 1 N–H and O–H groups in total. The lowest BCUT2D eigenvalue weighted by Gasteiger charge is -2.09. The van der Waals surface area contributed by atoms with Crippen molar-refractivity contribution in [2.24, 2.45) is 0 Å². The summed E-state index contributed by atoms with van der Waals surface area (Å²) in [6.45, 7) is 0. The highest BCUT2D eigenvalue weighted by atomic mass is 16.5. The smallest absolute Gasteiger partial charge is 0.259 e. The zero-order valence-electron chi connectivity index (χ0n) is 16.9. The van der Waals surface area contributed by atoms with Gasteiger partial charge in [0.25, 0.3) is 5.91 Å². The van der Waals surface area contributed by atoms with Gasteiger partial charge in [0, 0.05) is 17.4 Å². The summed E-state index contributed by atoms with van der Waals surface area (Å²) in [5.74, 6) is 0.354. The topological polar surface area (TPSA) is 79.9 Å². The van der Waals surface area contributed by atoms with Gasteiger partial charge in [0.1, 0.15) is 11.4 Å². The molecule has 4 aromatic rings. The molecule has 0 aliphatic heterocycles. The van der Waals surface area contributed by atoms with Crippen molar-refractivity contribution in [2.75, 3.05) is 12.4 Å². The highest BCUT2D eigenvalue weighted by Gasteiger charge is 2.21. The number of carbonyl (C=O) groups is 1. The fourth-order valence-corrected chi connectivity index (χ4v) is 3.29. The summed E-state index contributed by atoms with van der Waals surface area (Å²) in [5.41, 5.74) is 4.07. The SMILES string of the molecule is COc1ccccc1-c1nn(-c2ccccc2)cc1C(=O)Nc1ccc(CC#N)cc1. The van der Waals surface area contributed by atoms with E-state index in [9.17, 15) is 4.79 Å². The van der Waals surface area contributed by atoms with E-state index in [-0.39, 0.29) is 5.91 Å². The number of carbonyl (C=O) groups excluding carboxylic acids is 1. The van der Waals surface area contributed by atoms with Crippen LogP contribution in [0.2, 0.25) is 0 Å². The van der Waals surface area contributed by atoms with E-state index in [1.54, 1.807) is 30.1 Å². The molecule has 3 aromatic carbocycles. The van der Waals surface area contributed by atoms with Gasteiger partial charge in [0.05, 0.1) is 30.9 Å². The minimum atomic E-state index is -0.281. The summed E-state index contributed by atoms with van der Waals surface area (Å²) in [5, 5.41) is 16.4. The molecule has 0 saturated carbocycles. The van der Waals surface area contributed by atoms with Crippen LogP contribution in [0.1, 0.15) is 15.9 Å². The van der Waals surface area contributed by atoms with Crippen LogP contribution in [0.3, 0.4) is 0 Å². The van der Waals surface area contributed by atoms with Crippen LogP contribution in [-0.4, -0.2) is 22.8 Å². The lowest BCUT2D eigenvalue weighted by atomic mass is 10.1. The molecule has 152 valence electrons. The van der Waals surface area contributed by atoms with E-state index in [0.717, 1.165) is 16.8 Å². The Hall–Kier alpha value is -4.37. The second-order valence-corrected chi connectivity index (χ2v) is 6.86. The van der Waals surface area contributed by atoms with Crippen molar-refractivity contribution in [3.05, 3.63) is 96.2 Å². The van der Waals surface area contributed by atoms with E-state index < -0.39 is 0 Å². The minimum Gasteiger partial charge on any atom is -0.496 e. The molecule has 0 fully saturated rings. The zero-order chi connectivity index (χ0) is 21.6. The molecule has 0 atom stereocenters. The molecule has 1 aromatic heterocycles. The molecular formula is C25H20N4O2. The number of hydrogen-bond acceptors (Lipinski definition) is 4. The summed E-state index contributed by atoms with van der Waals surface area (Å²) >= 11 is 0. The standard InChI is InChI=1S/C25H20N4O2/c1-31-23-10-6-5-9-21(23)24-22(17-29(28-24)20-7-3-2-4-8-20)25(30)27-19-13-11-18(12-14-19)15-16-26/h2-14,17H,15H2,1H3,(H,27,30). The molecule has 0 radical (unpaired) electrons. The van der Waals surface area contributed by atoms with E-state index in [4.69, 9.17) is 15.1 Å². The third kappa shape index (κ3) is 4.31. The van der Waals surface area contributed by atoms with Gasteiger partial charge >= 0.3 is 0 Å². The molecule has 1 amide bonds. The first kappa shape index (κ1) is 19.9. The summed E-state index contributed by atoms with van der Waals surface area (Å²) in [7, 11) is 1.59. The Morgan fingerprint density at radius 1 is 1.03 bits per heavy atom. The maximum atomic E-state index is 13.2. The number of amides is 1. The molecule has 0 saturated heterocycles. The van der Waals surface area contributed by atoms with Crippen molar-refractivity contribution >= 4 is 11.6 Å². The lowest BCUT2D eigenvalue weighted by Crippen LogP contribution is -2.12. The molecule has 6 heteroatoms. The Bertz CT molecular complexity index is 1240. The van der Waals surface area contributed by atoms with Gasteiger partial charge < -0.3 is 10.1 Å². The highest BCUT2D eigenvalue weighted by molar-refractivity contribution is 6.08. The van der Waals surface area contributed by atoms with Crippen LogP contribution < -0.4 is 10.1 Å². The number of aromatic nitrogens is 2. The predicted octanol–water partition coefficient (Wildman–Crippen LogP) is 4.87. The van der Waals surface area contributed by atoms with Crippen molar-refractivity contribution in [1.29, 1.82) is 5.26 Å². The van der Waals surface area contributed by atoms with Gasteiger partial charge in [-0.15, -0.1) is 0 Å². The molecule has 0 bridgehead atoms. The molecular weight excluding hydrogens is 388 g/mol. The van der Waals surface area contributed by atoms with Gasteiger partial charge in [-0.1, -0.05) is 42.5 Å². The van der Waals surface area contributed by atoms with Gasteiger partial charge in [-0.25, -0.2) is 4.68 Å². The molecule has 31 heavy (non-hydrogen) atoms. The van der Waals surface area contributed by atoms with Gasteiger partial charge in [0.15, 0.2) is 0 Å². The quantitative estimate of drug-likeness (QED) is 0.494. The summed E-state index contributed by atoms with van der Waals surface area (Å²) in [6.07, 6.45) is 2.05. The number of rotatable bonds is 6. The number of hydrogen-bond donors (Lipinski definition) is 1. The van der Waals surface area contributed by atoms with Crippen molar-refractivity contribution in [1.82, 2.24) is 9.78 Å². The van der Waals surface area contributed by atoms with Crippen molar-refractivity contribution < 1.29 is 9.53 Å². The maximum absolute atomic E-state index is 13.2. The second kappa shape index (κ2) is 8.97. The average Bonchev–Trinajstić information content (AvgIpc) is 3.27. The first-order chi connectivity index (χ1) is 15.2. The fourth-order valence-electron chi connectivity index (χ4n) is 3.29. The number of nitrogens with zero attached hydrogens (tertiary/aromatic N) is 3. The molecule has 4 rings (SSSR count). The Labute approximate surface area is 180 Å². The average molecular weight is 408 g/mol. The van der Waals surface area contributed by atoms with Gasteiger partial charge in [-0.05, 0) is 42.0 Å². The molecule has 6 nitrogen and oxygen atoms in total. The van der Waals surface area contributed by atoms with Crippen LogP contribution in [-0.2, 0) is 6.42 Å². The Kier molecular flexibility index (Phi) is 5.77. The first-order valence-corrected chi connectivity index (χ1v) is 9.75. The number of anilines is 1. The predicted molar refractivity (Wildman–Crippen MR) is 119 cm³/mol. The largest absolute Gasteiger partial charge is 0.496 e. The monoisotopic (exact) mass is 408 g/mol. The molecule has 0 spiro atoms. The van der Waals surface area contributed by atoms with Crippen LogP contribution in [0, 0.1) is 11.3 Å². The van der Waals surface area contributed by atoms with Gasteiger partial charge in [-0.3, -0.25) is 4.79 Å². The highest BCUT2D eigenvalue weighted by Crippen LogP contribution is 2.32. The number of ether oxygens (including phenoxy) is 1. The molecule has 0 aliphatic rings. The van der Waals surface area contributed by atoms with Crippen LogP contribution in [0.5, 0.6) is 5.75 Å². The Morgan fingerprint density at radius 2 is 1.74 bits per heavy atom. The van der Waals surface area contributed by atoms with Gasteiger partial charge in [0.2, 0.25) is 0 Å². The van der Waals surface area contributed by atoms with E-state index in [2.05, 4.69) is 11.4 Å². The number of nitrogens with one attached hydrogen (secondary N) is 1. The van der Waals surface area contributed by atoms with E-state index in [0.29, 0.717) is 29.1 Å². The fraction of sp³-hybridized carbons (Fsp3) is 0.0800. The lowest BCUT2D eigenvalue weighted by molar-refractivity contribution is 0.102. The third-order valence-corrected chi connectivity index (χ3v) is 4.84.